The third-order valence-electron chi connectivity index (χ3n) is 3.42. The van der Waals surface area contributed by atoms with Crippen LogP contribution in [-0.4, -0.2) is 11.5 Å². The normalized spacial score (nSPS) is 12.4. The van der Waals surface area contributed by atoms with Crippen molar-refractivity contribution < 1.29 is 0 Å². The van der Waals surface area contributed by atoms with E-state index >= 15 is 0 Å². The summed E-state index contributed by atoms with van der Waals surface area (Å²) >= 11 is 0. The molecular weight excluding hydrogens is 232 g/mol. The van der Waals surface area contributed by atoms with Gasteiger partial charge in [-0.2, -0.15) is 0 Å². The minimum absolute atomic E-state index is 0.454. The highest BCUT2D eigenvalue weighted by molar-refractivity contribution is 5.62. The molecule has 0 aliphatic carbocycles. The molecule has 1 aromatic heterocycles. The van der Waals surface area contributed by atoms with Crippen molar-refractivity contribution in [2.75, 3.05) is 6.54 Å². The monoisotopic (exact) mass is 254 g/mol. The molecule has 1 unspecified atom stereocenters. The summed E-state index contributed by atoms with van der Waals surface area (Å²) < 4.78 is 0. The second-order valence-electron chi connectivity index (χ2n) is 4.83. The van der Waals surface area contributed by atoms with E-state index in [0.717, 1.165) is 18.7 Å². The number of benzene rings is 1. The molecule has 0 aliphatic rings. The van der Waals surface area contributed by atoms with E-state index in [1.165, 1.54) is 16.7 Å². The van der Waals surface area contributed by atoms with Crippen molar-refractivity contribution in [2.24, 2.45) is 0 Å². The first-order chi connectivity index (χ1) is 9.24. The Morgan fingerprint density at radius 1 is 1.00 bits per heavy atom. The molecular formula is C17H22N2. The van der Waals surface area contributed by atoms with Gasteiger partial charge >= 0.3 is 0 Å². The highest BCUT2D eigenvalue weighted by atomic mass is 14.9. The zero-order valence-electron chi connectivity index (χ0n) is 12.0. The predicted molar refractivity (Wildman–Crippen MR) is 81.1 cm³/mol. The van der Waals surface area contributed by atoms with Gasteiger partial charge < -0.3 is 5.32 Å². The molecule has 2 heteroatoms. The lowest BCUT2D eigenvalue weighted by Crippen LogP contribution is -2.19. The van der Waals surface area contributed by atoms with Crippen molar-refractivity contribution in [3.05, 3.63) is 53.9 Å². The van der Waals surface area contributed by atoms with Crippen LogP contribution in [0.2, 0.25) is 0 Å². The van der Waals surface area contributed by atoms with E-state index in [1.807, 2.05) is 13.1 Å². The Morgan fingerprint density at radius 2 is 1.68 bits per heavy atom. The fraction of sp³-hybridized carbons (Fsp3) is 0.353. The highest BCUT2D eigenvalue weighted by Gasteiger charge is 2.07. The van der Waals surface area contributed by atoms with Crippen LogP contribution in [0.1, 0.15) is 37.6 Å². The fourth-order valence-electron chi connectivity index (χ4n) is 2.29. The van der Waals surface area contributed by atoms with Gasteiger partial charge in [-0.25, -0.2) is 0 Å². The molecule has 0 aliphatic heterocycles. The third-order valence-corrected chi connectivity index (χ3v) is 3.42. The maximum atomic E-state index is 4.35. The van der Waals surface area contributed by atoms with E-state index in [-0.39, 0.29) is 0 Å². The standard InChI is InChI=1S/C17H22N2/c1-4-17(18-5-2)15-10-8-14(9-11-15)16-7-6-13(3)19-12-16/h6-12,17-18H,4-5H2,1-3H3. The average molecular weight is 254 g/mol. The van der Waals surface area contributed by atoms with Gasteiger partial charge in [-0.3, -0.25) is 4.98 Å². The van der Waals surface area contributed by atoms with Gasteiger partial charge in [-0.15, -0.1) is 0 Å². The highest BCUT2D eigenvalue weighted by Crippen LogP contribution is 2.22. The predicted octanol–water partition coefficient (Wildman–Crippen LogP) is 4.12. The molecule has 0 bridgehead atoms. The van der Waals surface area contributed by atoms with E-state index < -0.39 is 0 Å². The summed E-state index contributed by atoms with van der Waals surface area (Å²) in [6.07, 6.45) is 3.05. The minimum Gasteiger partial charge on any atom is -0.310 e. The van der Waals surface area contributed by atoms with Crippen LogP contribution in [0, 0.1) is 6.92 Å². The summed E-state index contributed by atoms with van der Waals surface area (Å²) in [7, 11) is 0. The van der Waals surface area contributed by atoms with Gasteiger partial charge in [0.05, 0.1) is 0 Å². The Hall–Kier alpha value is -1.67. The van der Waals surface area contributed by atoms with Gasteiger partial charge in [0.1, 0.15) is 0 Å². The largest absolute Gasteiger partial charge is 0.310 e. The van der Waals surface area contributed by atoms with Crippen molar-refractivity contribution in [1.29, 1.82) is 0 Å². The van der Waals surface area contributed by atoms with Crippen molar-refractivity contribution in [3.63, 3.8) is 0 Å². The molecule has 100 valence electrons. The number of hydrogen-bond acceptors (Lipinski definition) is 2. The average Bonchev–Trinajstić information content (AvgIpc) is 2.46. The molecule has 0 saturated heterocycles. The Balaban J connectivity index is 2.20. The zero-order chi connectivity index (χ0) is 13.7. The molecule has 1 N–H and O–H groups in total. The van der Waals surface area contributed by atoms with Crippen LogP contribution in [0.5, 0.6) is 0 Å². The summed E-state index contributed by atoms with van der Waals surface area (Å²) in [6, 6.07) is 13.4. The number of pyridine rings is 1. The van der Waals surface area contributed by atoms with E-state index in [1.54, 1.807) is 0 Å². The number of nitrogens with zero attached hydrogens (tertiary/aromatic N) is 1. The third kappa shape index (κ3) is 3.42. The molecule has 0 amide bonds. The van der Waals surface area contributed by atoms with Crippen molar-refractivity contribution in [1.82, 2.24) is 10.3 Å². The topological polar surface area (TPSA) is 24.9 Å². The zero-order valence-corrected chi connectivity index (χ0v) is 12.0. The Bertz CT molecular complexity index is 500. The van der Waals surface area contributed by atoms with Crippen molar-refractivity contribution in [2.45, 2.75) is 33.2 Å². The Labute approximate surface area is 115 Å². The summed E-state index contributed by atoms with van der Waals surface area (Å²) in [6.45, 7) is 7.37. The second kappa shape index (κ2) is 6.48. The molecule has 1 aromatic carbocycles. The van der Waals surface area contributed by atoms with Gasteiger partial charge in [0.2, 0.25) is 0 Å². The lowest BCUT2D eigenvalue weighted by molar-refractivity contribution is 0.537. The van der Waals surface area contributed by atoms with Crippen LogP contribution in [0.25, 0.3) is 11.1 Å². The molecule has 0 saturated carbocycles. The van der Waals surface area contributed by atoms with Gasteiger partial charge in [0.15, 0.2) is 0 Å². The number of aromatic nitrogens is 1. The van der Waals surface area contributed by atoms with Gasteiger partial charge in [-0.1, -0.05) is 44.2 Å². The Kier molecular flexibility index (Phi) is 4.69. The summed E-state index contributed by atoms with van der Waals surface area (Å²) in [5.74, 6) is 0. The number of nitrogens with one attached hydrogen (secondary N) is 1. The van der Waals surface area contributed by atoms with Crippen molar-refractivity contribution in [3.8, 4) is 11.1 Å². The first-order valence-corrected chi connectivity index (χ1v) is 7.01. The molecule has 1 atom stereocenters. The van der Waals surface area contributed by atoms with E-state index in [9.17, 15) is 0 Å². The van der Waals surface area contributed by atoms with Gasteiger partial charge in [0.25, 0.3) is 0 Å². The maximum absolute atomic E-state index is 4.35. The van der Waals surface area contributed by atoms with Crippen LogP contribution in [-0.2, 0) is 0 Å². The SMILES string of the molecule is CCNC(CC)c1ccc(-c2ccc(C)nc2)cc1. The smallest absolute Gasteiger partial charge is 0.0373 e. The molecule has 2 rings (SSSR count). The minimum atomic E-state index is 0.454. The molecule has 2 nitrogen and oxygen atoms in total. The number of aryl methyl sites for hydroxylation is 1. The van der Waals surface area contributed by atoms with E-state index in [0.29, 0.717) is 6.04 Å². The Morgan fingerprint density at radius 3 is 2.21 bits per heavy atom. The molecule has 0 spiro atoms. The number of rotatable bonds is 5. The molecule has 0 radical (unpaired) electrons. The molecule has 1 heterocycles. The second-order valence-corrected chi connectivity index (χ2v) is 4.83. The lowest BCUT2D eigenvalue weighted by Gasteiger charge is -2.16. The quantitative estimate of drug-likeness (QED) is 0.868. The molecule has 0 fully saturated rings. The first-order valence-electron chi connectivity index (χ1n) is 7.01. The van der Waals surface area contributed by atoms with Crippen LogP contribution in [0.15, 0.2) is 42.6 Å². The van der Waals surface area contributed by atoms with Crippen LogP contribution in [0.4, 0.5) is 0 Å². The maximum Gasteiger partial charge on any atom is 0.0373 e. The van der Waals surface area contributed by atoms with Crippen LogP contribution in [0.3, 0.4) is 0 Å². The molecule has 19 heavy (non-hydrogen) atoms. The lowest BCUT2D eigenvalue weighted by atomic mass is 10.00. The van der Waals surface area contributed by atoms with Crippen LogP contribution >= 0.6 is 0 Å². The van der Waals surface area contributed by atoms with E-state index in [2.05, 4.69) is 60.5 Å². The van der Waals surface area contributed by atoms with Crippen LogP contribution < -0.4 is 5.32 Å². The summed E-state index contributed by atoms with van der Waals surface area (Å²) in [5.41, 5.74) is 4.81. The summed E-state index contributed by atoms with van der Waals surface area (Å²) in [5, 5.41) is 3.50. The molecule has 2 aromatic rings. The van der Waals surface area contributed by atoms with E-state index in [4.69, 9.17) is 0 Å². The summed E-state index contributed by atoms with van der Waals surface area (Å²) in [4.78, 5) is 4.35. The van der Waals surface area contributed by atoms with Gasteiger partial charge in [-0.05, 0) is 37.1 Å². The first kappa shape index (κ1) is 13.8. The number of hydrogen-bond donors (Lipinski definition) is 1. The van der Waals surface area contributed by atoms with Crippen molar-refractivity contribution >= 4 is 0 Å². The fourth-order valence-corrected chi connectivity index (χ4v) is 2.29. The van der Waals surface area contributed by atoms with Gasteiger partial charge in [0, 0.05) is 23.5 Å².